The van der Waals surface area contributed by atoms with E-state index in [-0.39, 0.29) is 10.3 Å². The molecule has 1 fully saturated rings. The van der Waals surface area contributed by atoms with Gasteiger partial charge in [0.2, 0.25) is 10.0 Å². The van der Waals surface area contributed by atoms with Crippen molar-refractivity contribution >= 4 is 45.0 Å². The highest BCUT2D eigenvalue weighted by Crippen LogP contribution is 2.41. The summed E-state index contributed by atoms with van der Waals surface area (Å²) < 4.78 is 27.2. The Balaban J connectivity index is 1.95. The number of benzene rings is 2. The molecule has 1 saturated heterocycles. The molecule has 22 heavy (non-hydrogen) atoms. The molecule has 0 unspecified atom stereocenters. The largest absolute Gasteiger partial charge is 0.244 e. The molecule has 0 aromatic heterocycles. The maximum Gasteiger partial charge on any atom is 0.244 e. The van der Waals surface area contributed by atoms with Crippen LogP contribution in [0.3, 0.4) is 0 Å². The van der Waals surface area contributed by atoms with Crippen LogP contribution >= 0.6 is 35.0 Å². The average molecular weight is 374 g/mol. The predicted octanol–water partition coefficient (Wildman–Crippen LogP) is 4.43. The molecule has 1 aliphatic rings. The molecule has 1 atom stereocenters. The molecular formula is C15H13Cl2NO2S2. The highest BCUT2D eigenvalue weighted by molar-refractivity contribution is 8.01. The van der Waals surface area contributed by atoms with E-state index in [4.69, 9.17) is 23.2 Å². The standard InChI is InChI=1S/C15H13Cl2NO2S2/c16-12-3-1-11(2-4-12)15-18(9-10-21-15)22(19,20)14-7-5-13(17)6-8-14/h1-8,15H,9-10H2/t15-/m0/s1. The lowest BCUT2D eigenvalue weighted by Gasteiger charge is -2.23. The molecule has 0 aliphatic carbocycles. The van der Waals surface area contributed by atoms with E-state index in [2.05, 4.69) is 0 Å². The Labute approximate surface area is 144 Å². The van der Waals surface area contributed by atoms with Crippen LogP contribution in [0, 0.1) is 0 Å². The molecule has 0 radical (unpaired) electrons. The molecule has 116 valence electrons. The number of halogens is 2. The van der Waals surface area contributed by atoms with Gasteiger partial charge < -0.3 is 0 Å². The van der Waals surface area contributed by atoms with Crippen LogP contribution in [0.4, 0.5) is 0 Å². The summed E-state index contributed by atoms with van der Waals surface area (Å²) in [5.41, 5.74) is 0.935. The molecule has 0 saturated carbocycles. The van der Waals surface area contributed by atoms with Crippen molar-refractivity contribution in [1.82, 2.24) is 4.31 Å². The molecule has 0 amide bonds. The molecule has 2 aromatic rings. The number of hydrogen-bond donors (Lipinski definition) is 0. The fourth-order valence-corrected chi connectivity index (χ4v) is 5.83. The van der Waals surface area contributed by atoms with Crippen LogP contribution in [-0.4, -0.2) is 25.0 Å². The van der Waals surface area contributed by atoms with Gasteiger partial charge >= 0.3 is 0 Å². The highest BCUT2D eigenvalue weighted by atomic mass is 35.5. The first kappa shape index (κ1) is 16.1. The zero-order valence-electron chi connectivity index (χ0n) is 11.4. The van der Waals surface area contributed by atoms with Crippen molar-refractivity contribution in [2.45, 2.75) is 10.3 Å². The lowest BCUT2D eigenvalue weighted by atomic mass is 10.2. The number of rotatable bonds is 3. The average Bonchev–Trinajstić information content (AvgIpc) is 2.99. The van der Waals surface area contributed by atoms with Crippen molar-refractivity contribution < 1.29 is 8.42 Å². The third kappa shape index (κ3) is 3.14. The summed E-state index contributed by atoms with van der Waals surface area (Å²) >= 11 is 13.4. The molecule has 3 rings (SSSR count). The second-order valence-corrected chi connectivity index (χ2v) is 8.80. The molecule has 2 aromatic carbocycles. The van der Waals surface area contributed by atoms with Crippen LogP contribution in [0.5, 0.6) is 0 Å². The maximum atomic E-state index is 12.8. The first-order valence-corrected chi connectivity index (χ1v) is 9.87. The predicted molar refractivity (Wildman–Crippen MR) is 92.0 cm³/mol. The normalized spacial score (nSPS) is 19.5. The number of hydrogen-bond acceptors (Lipinski definition) is 3. The van der Waals surface area contributed by atoms with E-state index in [0.29, 0.717) is 16.6 Å². The minimum absolute atomic E-state index is 0.224. The second kappa shape index (κ2) is 6.42. The molecular weight excluding hydrogens is 361 g/mol. The van der Waals surface area contributed by atoms with E-state index in [1.165, 1.54) is 4.31 Å². The Morgan fingerprint density at radius 2 is 1.50 bits per heavy atom. The minimum atomic E-state index is -3.54. The van der Waals surface area contributed by atoms with Gasteiger partial charge in [0.15, 0.2) is 0 Å². The lowest BCUT2D eigenvalue weighted by molar-refractivity contribution is 0.434. The van der Waals surface area contributed by atoms with Gasteiger partial charge in [-0.05, 0) is 42.0 Å². The molecule has 0 bridgehead atoms. The first-order chi connectivity index (χ1) is 10.5. The van der Waals surface area contributed by atoms with Crippen molar-refractivity contribution in [1.29, 1.82) is 0 Å². The Morgan fingerprint density at radius 3 is 2.09 bits per heavy atom. The van der Waals surface area contributed by atoms with E-state index < -0.39 is 10.0 Å². The monoisotopic (exact) mass is 373 g/mol. The fourth-order valence-electron chi connectivity index (χ4n) is 2.33. The van der Waals surface area contributed by atoms with Gasteiger partial charge in [-0.1, -0.05) is 35.3 Å². The summed E-state index contributed by atoms with van der Waals surface area (Å²) in [5, 5.41) is 0.931. The van der Waals surface area contributed by atoms with Gasteiger partial charge in [-0.2, -0.15) is 4.31 Å². The molecule has 0 N–H and O–H groups in total. The topological polar surface area (TPSA) is 37.4 Å². The molecule has 1 aliphatic heterocycles. The number of sulfonamides is 1. The molecule has 0 spiro atoms. The van der Waals surface area contributed by atoms with Crippen molar-refractivity contribution in [3.8, 4) is 0 Å². The third-order valence-electron chi connectivity index (χ3n) is 3.42. The summed E-state index contributed by atoms with van der Waals surface area (Å²) in [6.07, 6.45) is 0. The van der Waals surface area contributed by atoms with Gasteiger partial charge in [0.25, 0.3) is 0 Å². The van der Waals surface area contributed by atoms with Gasteiger partial charge in [-0.3, -0.25) is 0 Å². The zero-order valence-corrected chi connectivity index (χ0v) is 14.6. The summed E-state index contributed by atoms with van der Waals surface area (Å²) in [7, 11) is -3.54. The van der Waals surface area contributed by atoms with Gasteiger partial charge in [-0.15, -0.1) is 11.8 Å². The summed E-state index contributed by atoms with van der Waals surface area (Å²) in [6.45, 7) is 0.489. The number of nitrogens with zero attached hydrogens (tertiary/aromatic N) is 1. The smallest absolute Gasteiger partial charge is 0.207 e. The SMILES string of the molecule is O=S(=O)(c1ccc(Cl)cc1)N1CCS[C@H]1c1ccc(Cl)cc1. The van der Waals surface area contributed by atoms with Crippen molar-refractivity contribution in [3.05, 3.63) is 64.1 Å². The van der Waals surface area contributed by atoms with E-state index in [9.17, 15) is 8.42 Å². The fraction of sp³-hybridized carbons (Fsp3) is 0.200. The minimum Gasteiger partial charge on any atom is -0.207 e. The number of thioether (sulfide) groups is 1. The van der Waals surface area contributed by atoms with E-state index in [1.54, 1.807) is 48.2 Å². The third-order valence-corrected chi connectivity index (χ3v) is 7.20. The van der Waals surface area contributed by atoms with Crippen LogP contribution in [0.2, 0.25) is 10.0 Å². The Bertz CT molecular complexity index is 761. The van der Waals surface area contributed by atoms with Crippen LogP contribution in [0.25, 0.3) is 0 Å². The van der Waals surface area contributed by atoms with Crippen molar-refractivity contribution in [2.75, 3.05) is 12.3 Å². The molecule has 7 heteroatoms. The van der Waals surface area contributed by atoms with Crippen molar-refractivity contribution in [2.24, 2.45) is 0 Å². The van der Waals surface area contributed by atoms with Crippen LogP contribution in [0.15, 0.2) is 53.4 Å². The molecule has 1 heterocycles. The van der Waals surface area contributed by atoms with Crippen LogP contribution in [-0.2, 0) is 10.0 Å². The van der Waals surface area contributed by atoms with Crippen molar-refractivity contribution in [3.63, 3.8) is 0 Å². The Hall–Kier alpha value is -0.720. The highest BCUT2D eigenvalue weighted by Gasteiger charge is 2.36. The van der Waals surface area contributed by atoms with E-state index in [0.717, 1.165) is 11.3 Å². The van der Waals surface area contributed by atoms with Crippen LogP contribution in [0.1, 0.15) is 10.9 Å². The zero-order chi connectivity index (χ0) is 15.7. The van der Waals surface area contributed by atoms with Gasteiger partial charge in [0.1, 0.15) is 0 Å². The summed E-state index contributed by atoms with van der Waals surface area (Å²) in [6, 6.07) is 13.6. The quantitative estimate of drug-likeness (QED) is 0.798. The van der Waals surface area contributed by atoms with Gasteiger partial charge in [0.05, 0.1) is 10.3 Å². The summed E-state index contributed by atoms with van der Waals surface area (Å²) in [4.78, 5) is 0.262. The Kier molecular flexibility index (Phi) is 4.71. The maximum absolute atomic E-state index is 12.8. The lowest BCUT2D eigenvalue weighted by Crippen LogP contribution is -2.30. The van der Waals surface area contributed by atoms with E-state index >= 15 is 0 Å². The van der Waals surface area contributed by atoms with Gasteiger partial charge in [0, 0.05) is 22.3 Å². The summed E-state index contributed by atoms with van der Waals surface area (Å²) in [5.74, 6) is 0.764. The first-order valence-electron chi connectivity index (χ1n) is 6.63. The Morgan fingerprint density at radius 1 is 0.955 bits per heavy atom. The molecule has 3 nitrogen and oxygen atoms in total. The van der Waals surface area contributed by atoms with E-state index in [1.807, 2.05) is 12.1 Å². The van der Waals surface area contributed by atoms with Crippen LogP contribution < -0.4 is 0 Å². The second-order valence-electron chi connectivity index (χ2n) is 4.84. The van der Waals surface area contributed by atoms with Gasteiger partial charge in [-0.25, -0.2) is 8.42 Å².